The first kappa shape index (κ1) is 16.4. The van der Waals surface area contributed by atoms with Gasteiger partial charge in [0.15, 0.2) is 17.3 Å². The molecule has 0 radical (unpaired) electrons. The number of benzene rings is 2. The number of hydrogen-bond donors (Lipinski definition) is 2. The van der Waals surface area contributed by atoms with E-state index in [1.54, 1.807) is 23.6 Å². The van der Waals surface area contributed by atoms with Gasteiger partial charge in [-0.05, 0) is 47.9 Å². The summed E-state index contributed by atoms with van der Waals surface area (Å²) in [5.74, 6) is 0.965. The quantitative estimate of drug-likeness (QED) is 0.558. The van der Waals surface area contributed by atoms with Crippen LogP contribution in [0, 0.1) is 0 Å². The van der Waals surface area contributed by atoms with Crippen LogP contribution in [-0.2, 0) is 0 Å². The van der Waals surface area contributed by atoms with Crippen molar-refractivity contribution in [3.05, 3.63) is 64.6 Å². The van der Waals surface area contributed by atoms with Crippen LogP contribution in [0.2, 0.25) is 5.02 Å². The smallest absolute Gasteiger partial charge is 0.277 e. The van der Waals surface area contributed by atoms with E-state index in [-0.39, 0.29) is 5.91 Å². The highest BCUT2D eigenvalue weighted by Crippen LogP contribution is 2.23. The van der Waals surface area contributed by atoms with Crippen molar-refractivity contribution in [2.75, 3.05) is 5.32 Å². The lowest BCUT2D eigenvalue weighted by Crippen LogP contribution is -2.12. The zero-order valence-electron chi connectivity index (χ0n) is 13.2. The minimum absolute atomic E-state index is 0.292. The Morgan fingerprint density at radius 3 is 2.46 bits per heavy atom. The summed E-state index contributed by atoms with van der Waals surface area (Å²) < 4.78 is 3.67. The molecule has 128 valence electrons. The van der Waals surface area contributed by atoms with Crippen molar-refractivity contribution in [1.29, 1.82) is 0 Å². The molecule has 4 rings (SSSR count). The van der Waals surface area contributed by atoms with Crippen molar-refractivity contribution in [3.8, 4) is 22.8 Å². The highest BCUT2D eigenvalue weighted by molar-refractivity contribution is 7.03. The second-order valence-electron chi connectivity index (χ2n) is 5.35. The fourth-order valence-corrected chi connectivity index (χ4v) is 2.95. The standard InChI is InChI=1S/C17H11ClN6OS/c18-12-3-1-2-11(8-12)16-20-15(22-23-16)10-4-6-13(7-5-10)19-17(25)14-9-26-24-21-14/h1-9H,(H,19,25)(H,20,22,23). The van der Waals surface area contributed by atoms with Gasteiger partial charge in [-0.15, -0.1) is 15.3 Å². The molecule has 0 fully saturated rings. The van der Waals surface area contributed by atoms with Gasteiger partial charge in [-0.2, -0.15) is 0 Å². The summed E-state index contributed by atoms with van der Waals surface area (Å²) >= 11 is 7.14. The Balaban J connectivity index is 1.51. The SMILES string of the molecule is O=C(Nc1ccc(-c2nnc(-c3cccc(Cl)c3)[nH]2)cc1)c1csnn1. The first-order chi connectivity index (χ1) is 12.7. The molecule has 0 aliphatic carbocycles. The second kappa shape index (κ2) is 7.03. The van der Waals surface area contributed by atoms with Crippen molar-refractivity contribution in [2.24, 2.45) is 0 Å². The van der Waals surface area contributed by atoms with Gasteiger partial charge in [-0.1, -0.05) is 28.2 Å². The van der Waals surface area contributed by atoms with Crippen LogP contribution in [0.15, 0.2) is 53.9 Å². The molecule has 0 atom stereocenters. The normalized spacial score (nSPS) is 10.7. The van der Waals surface area contributed by atoms with E-state index in [4.69, 9.17) is 11.6 Å². The molecule has 0 aliphatic rings. The monoisotopic (exact) mass is 382 g/mol. The number of nitrogens with one attached hydrogen (secondary N) is 2. The molecule has 0 bridgehead atoms. The van der Waals surface area contributed by atoms with Gasteiger partial charge in [-0.25, -0.2) is 0 Å². The van der Waals surface area contributed by atoms with Crippen LogP contribution in [0.4, 0.5) is 5.69 Å². The summed E-state index contributed by atoms with van der Waals surface area (Å²) in [6.45, 7) is 0. The molecule has 7 nitrogen and oxygen atoms in total. The number of rotatable bonds is 4. The average molecular weight is 383 g/mol. The fourth-order valence-electron chi connectivity index (χ4n) is 2.33. The van der Waals surface area contributed by atoms with Crippen molar-refractivity contribution in [1.82, 2.24) is 24.8 Å². The molecule has 2 aromatic carbocycles. The maximum atomic E-state index is 12.0. The van der Waals surface area contributed by atoms with E-state index in [1.165, 1.54) is 0 Å². The molecule has 0 spiro atoms. The van der Waals surface area contributed by atoms with Gasteiger partial charge < -0.3 is 10.3 Å². The number of carbonyl (C=O) groups is 1. The molecular formula is C17H11ClN6OS. The van der Waals surface area contributed by atoms with E-state index < -0.39 is 0 Å². The maximum absolute atomic E-state index is 12.0. The molecule has 0 saturated carbocycles. The zero-order valence-corrected chi connectivity index (χ0v) is 14.8. The van der Waals surface area contributed by atoms with E-state index in [0.717, 1.165) is 22.7 Å². The first-order valence-corrected chi connectivity index (χ1v) is 8.78. The van der Waals surface area contributed by atoms with Crippen LogP contribution in [-0.4, -0.2) is 30.7 Å². The molecular weight excluding hydrogens is 372 g/mol. The Kier molecular flexibility index (Phi) is 4.42. The fraction of sp³-hybridized carbons (Fsp3) is 0. The van der Waals surface area contributed by atoms with Crippen LogP contribution in [0.3, 0.4) is 0 Å². The third-order valence-electron chi connectivity index (χ3n) is 3.59. The Morgan fingerprint density at radius 2 is 1.77 bits per heavy atom. The lowest BCUT2D eigenvalue weighted by Gasteiger charge is -2.03. The van der Waals surface area contributed by atoms with Crippen LogP contribution in [0.1, 0.15) is 10.5 Å². The van der Waals surface area contributed by atoms with Crippen LogP contribution in [0.25, 0.3) is 22.8 Å². The topological polar surface area (TPSA) is 96.5 Å². The Hall–Kier alpha value is -3.10. The van der Waals surface area contributed by atoms with Gasteiger partial charge in [-0.3, -0.25) is 4.79 Å². The van der Waals surface area contributed by atoms with E-state index in [0.29, 0.717) is 28.1 Å². The molecule has 0 unspecified atom stereocenters. The lowest BCUT2D eigenvalue weighted by atomic mass is 10.2. The van der Waals surface area contributed by atoms with Gasteiger partial charge in [0.1, 0.15) is 0 Å². The predicted octanol–water partition coefficient (Wildman–Crippen LogP) is 3.90. The van der Waals surface area contributed by atoms with E-state index in [1.807, 2.05) is 30.3 Å². The molecule has 26 heavy (non-hydrogen) atoms. The van der Waals surface area contributed by atoms with Crippen molar-refractivity contribution < 1.29 is 4.79 Å². The number of aromatic amines is 1. The van der Waals surface area contributed by atoms with Gasteiger partial charge in [0.2, 0.25) is 0 Å². The highest BCUT2D eigenvalue weighted by atomic mass is 35.5. The van der Waals surface area contributed by atoms with Crippen molar-refractivity contribution >= 4 is 34.7 Å². The summed E-state index contributed by atoms with van der Waals surface area (Å²) in [5.41, 5.74) is 2.65. The number of nitrogens with zero attached hydrogens (tertiary/aromatic N) is 4. The summed E-state index contributed by atoms with van der Waals surface area (Å²) in [6, 6.07) is 14.6. The molecule has 0 aliphatic heterocycles. The molecule has 2 N–H and O–H groups in total. The molecule has 1 amide bonds. The third kappa shape index (κ3) is 3.46. The van der Waals surface area contributed by atoms with Gasteiger partial charge in [0.25, 0.3) is 5.91 Å². The summed E-state index contributed by atoms with van der Waals surface area (Å²) in [6.07, 6.45) is 0. The summed E-state index contributed by atoms with van der Waals surface area (Å²) in [4.78, 5) is 15.1. The maximum Gasteiger partial charge on any atom is 0.277 e. The van der Waals surface area contributed by atoms with Gasteiger partial charge in [0, 0.05) is 27.2 Å². The zero-order chi connectivity index (χ0) is 17.9. The predicted molar refractivity (Wildman–Crippen MR) is 100 cm³/mol. The van der Waals surface area contributed by atoms with Crippen LogP contribution < -0.4 is 5.32 Å². The van der Waals surface area contributed by atoms with Crippen LogP contribution in [0.5, 0.6) is 0 Å². The number of carbonyl (C=O) groups excluding carboxylic acids is 1. The van der Waals surface area contributed by atoms with E-state index in [2.05, 4.69) is 30.1 Å². The number of aromatic nitrogens is 5. The largest absolute Gasteiger partial charge is 0.321 e. The van der Waals surface area contributed by atoms with Gasteiger partial charge in [0.05, 0.1) is 0 Å². The second-order valence-corrected chi connectivity index (χ2v) is 6.40. The Bertz CT molecular complexity index is 1050. The third-order valence-corrected chi connectivity index (χ3v) is 4.33. The number of halogens is 1. The molecule has 9 heteroatoms. The van der Waals surface area contributed by atoms with Crippen molar-refractivity contribution in [2.45, 2.75) is 0 Å². The number of H-pyrrole nitrogens is 1. The molecule has 4 aromatic rings. The molecule has 2 aromatic heterocycles. The van der Waals surface area contributed by atoms with Gasteiger partial charge >= 0.3 is 0 Å². The molecule has 0 saturated heterocycles. The summed E-state index contributed by atoms with van der Waals surface area (Å²) in [5, 5.41) is 17.1. The van der Waals surface area contributed by atoms with Crippen LogP contribution >= 0.6 is 23.1 Å². The van der Waals surface area contributed by atoms with E-state index >= 15 is 0 Å². The Morgan fingerprint density at radius 1 is 1.00 bits per heavy atom. The average Bonchev–Trinajstić information content (AvgIpc) is 3.35. The summed E-state index contributed by atoms with van der Waals surface area (Å²) in [7, 11) is 0. The minimum atomic E-state index is -0.297. The highest BCUT2D eigenvalue weighted by Gasteiger charge is 2.10. The first-order valence-electron chi connectivity index (χ1n) is 7.56. The van der Waals surface area contributed by atoms with E-state index in [9.17, 15) is 4.79 Å². The van der Waals surface area contributed by atoms with Crippen molar-refractivity contribution in [3.63, 3.8) is 0 Å². The number of hydrogen-bond acceptors (Lipinski definition) is 6. The Labute approximate surface area is 157 Å². The molecule has 2 heterocycles. The number of anilines is 1. The minimum Gasteiger partial charge on any atom is -0.321 e. The lowest BCUT2D eigenvalue weighted by molar-refractivity contribution is 0.102. The number of amides is 1.